The van der Waals surface area contributed by atoms with Gasteiger partial charge in [0.25, 0.3) is 0 Å². The number of carbonyl (C=O) groups excluding carboxylic acids is 1. The first-order valence-corrected chi connectivity index (χ1v) is 6.81. The second kappa shape index (κ2) is 3.68. The second-order valence-electron chi connectivity index (χ2n) is 3.97. The summed E-state index contributed by atoms with van der Waals surface area (Å²) in [6, 6.07) is 11.6. The standard InChI is InChI=1S/C13H9NO3S/c15-8-14-9-5-6-13-11(7-9)10-3-1-2-4-12(10)18(13,16)17/h1-8H,(H,14,15). The van der Waals surface area contributed by atoms with Crippen LogP contribution in [0, 0.1) is 0 Å². The zero-order chi connectivity index (χ0) is 12.8. The van der Waals surface area contributed by atoms with Gasteiger partial charge in [0.15, 0.2) is 0 Å². The van der Waals surface area contributed by atoms with Crippen molar-refractivity contribution in [1.82, 2.24) is 0 Å². The molecule has 0 atom stereocenters. The van der Waals surface area contributed by atoms with E-state index in [1.54, 1.807) is 36.4 Å². The Morgan fingerprint density at radius 3 is 2.44 bits per heavy atom. The number of carbonyl (C=O) groups is 1. The minimum Gasteiger partial charge on any atom is -0.329 e. The minimum atomic E-state index is -3.41. The van der Waals surface area contributed by atoms with Crippen LogP contribution >= 0.6 is 0 Å². The SMILES string of the molecule is O=CNc1ccc2c(c1)-c1ccccc1S2(=O)=O. The smallest absolute Gasteiger partial charge is 0.211 e. The molecule has 0 spiro atoms. The van der Waals surface area contributed by atoms with Gasteiger partial charge in [0.1, 0.15) is 0 Å². The van der Waals surface area contributed by atoms with Gasteiger partial charge >= 0.3 is 0 Å². The van der Waals surface area contributed by atoms with E-state index in [1.165, 1.54) is 6.07 Å². The van der Waals surface area contributed by atoms with E-state index in [1.807, 2.05) is 0 Å². The molecule has 1 heterocycles. The summed E-state index contributed by atoms with van der Waals surface area (Å²) in [6.07, 6.45) is 0.567. The number of hydrogen-bond donors (Lipinski definition) is 1. The second-order valence-corrected chi connectivity index (χ2v) is 5.86. The predicted molar refractivity (Wildman–Crippen MR) is 67.0 cm³/mol. The minimum absolute atomic E-state index is 0.292. The average Bonchev–Trinajstić information content (AvgIpc) is 2.60. The van der Waals surface area contributed by atoms with E-state index in [2.05, 4.69) is 5.32 Å². The highest BCUT2D eigenvalue weighted by molar-refractivity contribution is 7.92. The summed E-state index contributed by atoms with van der Waals surface area (Å²) >= 11 is 0. The summed E-state index contributed by atoms with van der Waals surface area (Å²) in [6.45, 7) is 0. The van der Waals surface area contributed by atoms with Crippen molar-refractivity contribution in [2.45, 2.75) is 9.79 Å². The number of fused-ring (bicyclic) bond motifs is 3. The molecule has 2 aromatic rings. The molecule has 2 aromatic carbocycles. The van der Waals surface area contributed by atoms with Gasteiger partial charge in [-0.05, 0) is 24.3 Å². The van der Waals surface area contributed by atoms with E-state index in [-0.39, 0.29) is 0 Å². The first-order valence-electron chi connectivity index (χ1n) is 5.33. The van der Waals surface area contributed by atoms with Gasteiger partial charge in [0.2, 0.25) is 16.2 Å². The van der Waals surface area contributed by atoms with Crippen LogP contribution < -0.4 is 5.32 Å². The van der Waals surface area contributed by atoms with Crippen molar-refractivity contribution in [2.24, 2.45) is 0 Å². The lowest BCUT2D eigenvalue weighted by Gasteiger charge is -2.02. The van der Waals surface area contributed by atoms with Crippen molar-refractivity contribution in [3.05, 3.63) is 42.5 Å². The number of nitrogens with one attached hydrogen (secondary N) is 1. The molecule has 0 unspecified atom stereocenters. The Morgan fingerprint density at radius 1 is 0.944 bits per heavy atom. The number of sulfone groups is 1. The summed E-state index contributed by atoms with van der Waals surface area (Å²) in [5.41, 5.74) is 1.90. The largest absolute Gasteiger partial charge is 0.329 e. The summed E-state index contributed by atoms with van der Waals surface area (Å²) in [4.78, 5) is 11.0. The van der Waals surface area contributed by atoms with Crippen LogP contribution in [0.4, 0.5) is 5.69 Å². The first kappa shape index (κ1) is 11.0. The number of anilines is 1. The van der Waals surface area contributed by atoms with E-state index >= 15 is 0 Å². The van der Waals surface area contributed by atoms with Gasteiger partial charge < -0.3 is 5.32 Å². The zero-order valence-corrected chi connectivity index (χ0v) is 10.1. The predicted octanol–water partition coefficient (Wildman–Crippen LogP) is 2.07. The maximum atomic E-state index is 12.3. The first-order chi connectivity index (χ1) is 8.64. The fourth-order valence-corrected chi connectivity index (χ4v) is 3.84. The van der Waals surface area contributed by atoms with Crippen LogP contribution in [0.25, 0.3) is 11.1 Å². The lowest BCUT2D eigenvalue weighted by atomic mass is 10.1. The van der Waals surface area contributed by atoms with Crippen LogP contribution in [0.5, 0.6) is 0 Å². The Kier molecular flexibility index (Phi) is 2.24. The van der Waals surface area contributed by atoms with Gasteiger partial charge in [-0.1, -0.05) is 18.2 Å². The number of amides is 1. The summed E-state index contributed by atoms with van der Waals surface area (Å²) in [5.74, 6) is 0. The molecule has 0 fully saturated rings. The Hall–Kier alpha value is -2.14. The molecule has 1 aliphatic rings. The third-order valence-corrected chi connectivity index (χ3v) is 4.83. The van der Waals surface area contributed by atoms with E-state index in [0.717, 1.165) is 0 Å². The van der Waals surface area contributed by atoms with Crippen molar-refractivity contribution in [1.29, 1.82) is 0 Å². The van der Waals surface area contributed by atoms with Gasteiger partial charge in [-0.3, -0.25) is 4.79 Å². The lowest BCUT2D eigenvalue weighted by molar-refractivity contribution is -0.105. The zero-order valence-electron chi connectivity index (χ0n) is 9.25. The molecule has 90 valence electrons. The molecule has 5 heteroatoms. The highest BCUT2D eigenvalue weighted by Crippen LogP contribution is 2.43. The molecule has 1 amide bonds. The summed E-state index contributed by atoms with van der Waals surface area (Å²) in [5, 5.41) is 2.52. The van der Waals surface area contributed by atoms with Crippen LogP contribution in [0.3, 0.4) is 0 Å². The molecule has 3 rings (SSSR count). The van der Waals surface area contributed by atoms with E-state index in [0.29, 0.717) is 33.0 Å². The Balaban J connectivity index is 2.33. The molecule has 4 nitrogen and oxygen atoms in total. The molecule has 1 N–H and O–H groups in total. The molecule has 0 aliphatic carbocycles. The number of rotatable bonds is 2. The van der Waals surface area contributed by atoms with Crippen molar-refractivity contribution < 1.29 is 13.2 Å². The van der Waals surface area contributed by atoms with Gasteiger partial charge in [-0.25, -0.2) is 8.42 Å². The van der Waals surface area contributed by atoms with Gasteiger partial charge in [0.05, 0.1) is 9.79 Å². The molecule has 1 aliphatic heterocycles. The van der Waals surface area contributed by atoms with Crippen LogP contribution in [0.15, 0.2) is 52.3 Å². The van der Waals surface area contributed by atoms with Crippen molar-refractivity contribution in [2.75, 3.05) is 5.32 Å². The van der Waals surface area contributed by atoms with Crippen molar-refractivity contribution in [3.63, 3.8) is 0 Å². The van der Waals surface area contributed by atoms with E-state index in [4.69, 9.17) is 0 Å². The average molecular weight is 259 g/mol. The van der Waals surface area contributed by atoms with E-state index < -0.39 is 9.84 Å². The number of benzene rings is 2. The molecular weight excluding hydrogens is 250 g/mol. The molecule has 18 heavy (non-hydrogen) atoms. The molecule has 0 radical (unpaired) electrons. The quantitative estimate of drug-likeness (QED) is 0.716. The maximum Gasteiger partial charge on any atom is 0.211 e. The third kappa shape index (κ3) is 1.37. The normalized spacial score (nSPS) is 14.7. The number of hydrogen-bond acceptors (Lipinski definition) is 3. The fraction of sp³-hybridized carbons (Fsp3) is 0. The van der Waals surface area contributed by atoms with Crippen LogP contribution in [-0.4, -0.2) is 14.8 Å². The van der Waals surface area contributed by atoms with Crippen LogP contribution in [0.1, 0.15) is 0 Å². The van der Waals surface area contributed by atoms with Crippen LogP contribution in [0.2, 0.25) is 0 Å². The Bertz CT molecular complexity index is 751. The summed E-state index contributed by atoms with van der Waals surface area (Å²) in [7, 11) is -3.41. The lowest BCUT2D eigenvalue weighted by Crippen LogP contribution is -1.97. The molecular formula is C13H9NO3S. The van der Waals surface area contributed by atoms with Crippen LogP contribution in [-0.2, 0) is 14.6 Å². The Labute approximate surface area is 104 Å². The highest BCUT2D eigenvalue weighted by atomic mass is 32.2. The third-order valence-electron chi connectivity index (χ3n) is 2.96. The maximum absolute atomic E-state index is 12.3. The van der Waals surface area contributed by atoms with Crippen molar-refractivity contribution in [3.8, 4) is 11.1 Å². The van der Waals surface area contributed by atoms with Gasteiger partial charge in [0, 0.05) is 16.8 Å². The highest BCUT2D eigenvalue weighted by Gasteiger charge is 2.32. The molecule has 0 saturated carbocycles. The molecule has 0 bridgehead atoms. The van der Waals surface area contributed by atoms with Gasteiger partial charge in [-0.15, -0.1) is 0 Å². The molecule has 0 saturated heterocycles. The van der Waals surface area contributed by atoms with Crippen molar-refractivity contribution >= 4 is 21.9 Å². The summed E-state index contributed by atoms with van der Waals surface area (Å²) < 4.78 is 24.5. The van der Waals surface area contributed by atoms with E-state index in [9.17, 15) is 13.2 Å². The van der Waals surface area contributed by atoms with Gasteiger partial charge in [-0.2, -0.15) is 0 Å². The topological polar surface area (TPSA) is 63.2 Å². The molecule has 0 aromatic heterocycles. The monoisotopic (exact) mass is 259 g/mol. The fourth-order valence-electron chi connectivity index (χ4n) is 2.17. The Morgan fingerprint density at radius 2 is 1.67 bits per heavy atom.